The van der Waals surface area contributed by atoms with Gasteiger partial charge in [0.15, 0.2) is 0 Å². The molecule has 0 aliphatic carbocycles. The molecule has 3 aromatic heterocycles. The van der Waals surface area contributed by atoms with Gasteiger partial charge in [-0.05, 0) is 42.0 Å². The number of benzene rings is 2. The topological polar surface area (TPSA) is 56.5 Å². The average molecular weight is 559 g/mol. The van der Waals surface area contributed by atoms with Crippen LogP contribution in [-0.2, 0) is 18.9 Å². The molecule has 1 radical (unpaired) electrons. The molecule has 0 aliphatic heterocycles. The first-order valence-corrected chi connectivity index (χ1v) is 11.6. The lowest BCUT2D eigenvalue weighted by Crippen LogP contribution is -2.13. The summed E-state index contributed by atoms with van der Waals surface area (Å²) < 4.78 is 81.9. The Hall–Kier alpha value is -4.25. The fourth-order valence-corrected chi connectivity index (χ4v) is 4.33. The van der Waals surface area contributed by atoms with Crippen LogP contribution in [0.1, 0.15) is 16.7 Å². The van der Waals surface area contributed by atoms with Crippen LogP contribution in [-0.4, -0.2) is 25.0 Å². The van der Waals surface area contributed by atoms with Crippen LogP contribution < -0.4 is 0 Å². The van der Waals surface area contributed by atoms with Crippen molar-refractivity contribution in [1.29, 1.82) is 0 Å². The van der Waals surface area contributed by atoms with Crippen molar-refractivity contribution in [2.75, 3.05) is 0 Å². The van der Waals surface area contributed by atoms with Crippen molar-refractivity contribution in [2.45, 2.75) is 18.9 Å². The lowest BCUT2D eigenvalue weighted by atomic mass is 9.99. The molecule has 12 heteroatoms. The smallest absolute Gasteiger partial charge is 0.265 e. The highest BCUT2D eigenvalue weighted by Crippen LogP contribution is 2.39. The minimum atomic E-state index is -4.98. The second-order valence-electron chi connectivity index (χ2n) is 8.39. The van der Waals surface area contributed by atoms with Gasteiger partial charge >= 0.3 is 12.4 Å². The summed E-state index contributed by atoms with van der Waals surface area (Å²) in [5.74, 6) is 0. The zero-order valence-corrected chi connectivity index (χ0v) is 20.4. The Kier molecular flexibility index (Phi) is 6.85. The number of nitrogens with zero attached hydrogens (tertiary/aromatic N) is 5. The van der Waals surface area contributed by atoms with E-state index >= 15 is 0 Å². The predicted octanol–water partition coefficient (Wildman–Crippen LogP) is 7.61. The maximum atomic E-state index is 13.5. The number of hydrogen-bond acceptors (Lipinski definition) is 4. The van der Waals surface area contributed by atoms with Crippen LogP contribution in [0.2, 0.25) is 5.02 Å². The SMILES string of the molecule is FC(F)(F)c1cc(Cn2nnc(-c3ncccc3-c3ccc[c]c3Cl)c2-c2ccncc2)cc(C(F)(F)F)c1. The molecule has 5 nitrogen and oxygen atoms in total. The van der Waals surface area contributed by atoms with E-state index in [-0.39, 0.29) is 17.3 Å². The quantitative estimate of drug-likeness (QED) is 0.208. The largest absolute Gasteiger partial charge is 0.416 e. The number of rotatable bonds is 5. The first-order chi connectivity index (χ1) is 18.5. The van der Waals surface area contributed by atoms with Crippen molar-refractivity contribution in [1.82, 2.24) is 25.0 Å². The van der Waals surface area contributed by atoms with Crippen molar-refractivity contribution in [2.24, 2.45) is 0 Å². The van der Waals surface area contributed by atoms with Gasteiger partial charge in [0.25, 0.3) is 0 Å². The Bertz CT molecular complexity index is 1600. The van der Waals surface area contributed by atoms with Gasteiger partial charge in [0, 0.05) is 41.3 Å². The second-order valence-corrected chi connectivity index (χ2v) is 8.77. The molecule has 0 saturated carbocycles. The third kappa shape index (κ3) is 5.49. The molecule has 0 fully saturated rings. The number of hydrogen-bond donors (Lipinski definition) is 0. The van der Waals surface area contributed by atoms with Gasteiger partial charge in [-0.15, -0.1) is 5.10 Å². The number of halogens is 7. The minimum absolute atomic E-state index is 0.0842. The van der Waals surface area contributed by atoms with E-state index in [2.05, 4.69) is 26.3 Å². The van der Waals surface area contributed by atoms with Gasteiger partial charge < -0.3 is 0 Å². The summed E-state index contributed by atoms with van der Waals surface area (Å²) in [7, 11) is 0. The Balaban J connectivity index is 1.69. The molecular weight excluding hydrogens is 544 g/mol. The molecule has 5 aromatic rings. The summed E-state index contributed by atoms with van der Waals surface area (Å²) in [5.41, 5.74) is -0.456. The van der Waals surface area contributed by atoms with Crippen molar-refractivity contribution in [3.8, 4) is 33.8 Å². The lowest BCUT2D eigenvalue weighted by molar-refractivity contribution is -0.143. The van der Waals surface area contributed by atoms with E-state index in [9.17, 15) is 26.3 Å². The highest BCUT2D eigenvalue weighted by atomic mass is 35.5. The predicted molar refractivity (Wildman–Crippen MR) is 131 cm³/mol. The molecule has 0 saturated heterocycles. The molecule has 0 N–H and O–H groups in total. The Morgan fingerprint density at radius 2 is 1.46 bits per heavy atom. The number of aromatic nitrogens is 5. The van der Waals surface area contributed by atoms with Crippen LogP contribution in [0, 0.1) is 6.07 Å². The Morgan fingerprint density at radius 1 is 0.795 bits per heavy atom. The van der Waals surface area contributed by atoms with Gasteiger partial charge in [0.05, 0.1) is 28.4 Å². The van der Waals surface area contributed by atoms with Crippen LogP contribution in [0.3, 0.4) is 0 Å². The zero-order chi connectivity index (χ0) is 27.8. The van der Waals surface area contributed by atoms with Crippen LogP contribution in [0.25, 0.3) is 33.8 Å². The van der Waals surface area contributed by atoms with Gasteiger partial charge in [0.1, 0.15) is 11.4 Å². The van der Waals surface area contributed by atoms with E-state index in [4.69, 9.17) is 11.6 Å². The third-order valence-electron chi connectivity index (χ3n) is 5.80. The molecule has 39 heavy (non-hydrogen) atoms. The second kappa shape index (κ2) is 10.1. The Morgan fingerprint density at radius 3 is 2.10 bits per heavy atom. The van der Waals surface area contributed by atoms with E-state index in [1.54, 1.807) is 42.5 Å². The molecule has 0 amide bonds. The van der Waals surface area contributed by atoms with Crippen molar-refractivity contribution in [3.63, 3.8) is 0 Å². The molecule has 197 valence electrons. The molecule has 0 spiro atoms. The van der Waals surface area contributed by atoms with E-state index in [1.165, 1.54) is 23.3 Å². The fourth-order valence-electron chi connectivity index (χ4n) is 4.10. The van der Waals surface area contributed by atoms with Crippen molar-refractivity contribution >= 4 is 11.6 Å². The monoisotopic (exact) mass is 558 g/mol. The first-order valence-electron chi connectivity index (χ1n) is 11.3. The zero-order valence-electron chi connectivity index (χ0n) is 19.6. The summed E-state index contributed by atoms with van der Waals surface area (Å²) >= 11 is 6.37. The maximum Gasteiger partial charge on any atom is 0.416 e. The van der Waals surface area contributed by atoms with Crippen molar-refractivity contribution in [3.05, 3.63) is 107 Å². The standard InChI is InChI=1S/C27H15ClF6N5/c28-22-6-2-1-4-20(22)21-5-3-9-36-23(21)24-25(17-7-10-35-11-8-17)39(38-37-24)15-16-12-18(26(29,30)31)14-19(13-16)27(32,33)34/h1-5,7-14H,15H2. The number of alkyl halides is 6. The van der Waals surface area contributed by atoms with E-state index in [0.717, 1.165) is 0 Å². The highest BCUT2D eigenvalue weighted by Gasteiger charge is 2.37. The molecule has 5 rings (SSSR count). The summed E-state index contributed by atoms with van der Waals surface area (Å²) in [4.78, 5) is 8.45. The molecule has 0 unspecified atom stereocenters. The summed E-state index contributed by atoms with van der Waals surface area (Å²) in [6.45, 7) is -0.431. The fraction of sp³-hybridized carbons (Fsp3) is 0.111. The Labute approximate surface area is 222 Å². The summed E-state index contributed by atoms with van der Waals surface area (Å²) in [5, 5.41) is 8.68. The van der Waals surface area contributed by atoms with Gasteiger partial charge in [-0.3, -0.25) is 9.97 Å². The van der Waals surface area contributed by atoms with Crippen LogP contribution >= 0.6 is 11.6 Å². The highest BCUT2D eigenvalue weighted by molar-refractivity contribution is 6.33. The van der Waals surface area contributed by atoms with E-state index in [0.29, 0.717) is 45.2 Å². The van der Waals surface area contributed by atoms with Crippen LogP contribution in [0.4, 0.5) is 26.3 Å². The van der Waals surface area contributed by atoms with E-state index in [1.807, 2.05) is 0 Å². The molecule has 2 aromatic carbocycles. The minimum Gasteiger partial charge on any atom is -0.265 e. The van der Waals surface area contributed by atoms with Crippen LogP contribution in [0.15, 0.2) is 79.3 Å². The molecule has 0 bridgehead atoms. The molecule has 0 atom stereocenters. The average Bonchev–Trinajstić information content (AvgIpc) is 3.31. The normalized spacial score (nSPS) is 12.1. The molecular formula is C27H15ClF6N5. The first kappa shape index (κ1) is 26.4. The lowest BCUT2D eigenvalue weighted by Gasteiger charge is -2.15. The maximum absolute atomic E-state index is 13.5. The van der Waals surface area contributed by atoms with E-state index < -0.39 is 30.0 Å². The van der Waals surface area contributed by atoms with Gasteiger partial charge in [-0.25, -0.2) is 4.68 Å². The van der Waals surface area contributed by atoms with Gasteiger partial charge in [0.2, 0.25) is 0 Å². The van der Waals surface area contributed by atoms with Crippen LogP contribution in [0.5, 0.6) is 0 Å². The summed E-state index contributed by atoms with van der Waals surface area (Å²) in [6, 6.07) is 16.2. The van der Waals surface area contributed by atoms with Gasteiger partial charge in [-0.2, -0.15) is 26.3 Å². The van der Waals surface area contributed by atoms with Crippen molar-refractivity contribution < 1.29 is 26.3 Å². The molecule has 0 aliphatic rings. The third-order valence-corrected chi connectivity index (χ3v) is 6.11. The number of pyridine rings is 2. The summed E-state index contributed by atoms with van der Waals surface area (Å²) in [6.07, 6.45) is -5.45. The van der Waals surface area contributed by atoms with Gasteiger partial charge in [-0.1, -0.05) is 41.1 Å². The molecule has 3 heterocycles.